The number of aliphatic hydroxyl groups excluding tert-OH is 1. The van der Waals surface area contributed by atoms with Gasteiger partial charge in [-0.1, -0.05) is 5.21 Å². The summed E-state index contributed by atoms with van der Waals surface area (Å²) in [5, 5.41) is 26.6. The second-order valence-electron chi connectivity index (χ2n) is 8.09. The van der Waals surface area contributed by atoms with E-state index in [9.17, 15) is 5.11 Å². The van der Waals surface area contributed by atoms with Crippen molar-refractivity contribution in [2.75, 3.05) is 18.4 Å². The van der Waals surface area contributed by atoms with E-state index in [-0.39, 0.29) is 12.1 Å². The summed E-state index contributed by atoms with van der Waals surface area (Å²) in [6.07, 6.45) is 9.28. The lowest BCUT2D eigenvalue weighted by Gasteiger charge is -2.27. The fourth-order valence-electron chi connectivity index (χ4n) is 3.97. The second-order valence-corrected chi connectivity index (χ2v) is 8.09. The van der Waals surface area contributed by atoms with Crippen molar-refractivity contribution in [2.45, 2.75) is 38.5 Å². The number of pyridine rings is 1. The molecule has 3 N–H and O–H groups in total. The fraction of sp³-hybridized carbons (Fsp3) is 0.381. The molecule has 10 heteroatoms. The predicted molar refractivity (Wildman–Crippen MR) is 117 cm³/mol. The standard InChI is InChI=1S/C21H25N9O/c1-13(2)26-16-7-20(29-6-4-14-8-23-12-25-21(14)29)24-9-15(16)17-11-30(28-27-17)18-3-5-22-10-19(18)31/h4,6-9,11-13,18-19,22,31H,3,5,10H2,1-2H3,(H,24,26)/t18-,19-/m1/s1. The molecular weight excluding hydrogens is 394 g/mol. The van der Waals surface area contributed by atoms with Crippen LogP contribution in [-0.2, 0) is 0 Å². The second kappa shape index (κ2) is 8.05. The Morgan fingerprint density at radius 2 is 2.16 bits per heavy atom. The summed E-state index contributed by atoms with van der Waals surface area (Å²) < 4.78 is 3.71. The van der Waals surface area contributed by atoms with Crippen molar-refractivity contribution in [1.82, 2.24) is 39.8 Å². The number of hydrogen-bond acceptors (Lipinski definition) is 8. The monoisotopic (exact) mass is 419 g/mol. The van der Waals surface area contributed by atoms with Crippen LogP contribution in [0.25, 0.3) is 28.1 Å². The van der Waals surface area contributed by atoms with Crippen molar-refractivity contribution in [3.8, 4) is 17.1 Å². The van der Waals surface area contributed by atoms with Gasteiger partial charge in [0.2, 0.25) is 0 Å². The fourth-order valence-corrected chi connectivity index (χ4v) is 3.97. The summed E-state index contributed by atoms with van der Waals surface area (Å²) in [6.45, 7) is 5.58. The number of β-amino-alcohol motifs (C(OH)–C–C–N with tert-alkyl or cyclic N) is 1. The van der Waals surface area contributed by atoms with Crippen LogP contribution in [0.4, 0.5) is 5.69 Å². The van der Waals surface area contributed by atoms with E-state index in [0.29, 0.717) is 12.2 Å². The van der Waals surface area contributed by atoms with Gasteiger partial charge in [0, 0.05) is 53.9 Å². The van der Waals surface area contributed by atoms with Crippen molar-refractivity contribution in [3.63, 3.8) is 0 Å². The zero-order valence-corrected chi connectivity index (χ0v) is 17.5. The third kappa shape index (κ3) is 3.75. The first-order valence-corrected chi connectivity index (χ1v) is 10.4. The Balaban J connectivity index is 1.53. The smallest absolute Gasteiger partial charge is 0.149 e. The SMILES string of the molecule is CC(C)Nc1cc(-n2ccc3cncnc32)ncc1-c1cn([C@@H]2CCNC[C@H]2O)nn1. The Hall–Kier alpha value is -3.37. The van der Waals surface area contributed by atoms with E-state index < -0.39 is 6.10 Å². The van der Waals surface area contributed by atoms with Crippen molar-refractivity contribution in [2.24, 2.45) is 0 Å². The van der Waals surface area contributed by atoms with Gasteiger partial charge < -0.3 is 15.7 Å². The first-order chi connectivity index (χ1) is 15.1. The van der Waals surface area contributed by atoms with Crippen molar-refractivity contribution in [1.29, 1.82) is 0 Å². The van der Waals surface area contributed by atoms with Gasteiger partial charge in [0.05, 0.1) is 18.3 Å². The predicted octanol–water partition coefficient (Wildman–Crippen LogP) is 1.79. The van der Waals surface area contributed by atoms with Gasteiger partial charge in [0.15, 0.2) is 0 Å². The van der Waals surface area contributed by atoms with Crippen LogP contribution in [0.5, 0.6) is 0 Å². The zero-order chi connectivity index (χ0) is 21.4. The molecule has 1 aliphatic rings. The molecule has 160 valence electrons. The Morgan fingerprint density at radius 1 is 1.26 bits per heavy atom. The molecule has 5 heterocycles. The lowest BCUT2D eigenvalue weighted by atomic mass is 10.0. The van der Waals surface area contributed by atoms with Gasteiger partial charge in [0.1, 0.15) is 23.5 Å². The average molecular weight is 419 g/mol. The molecule has 0 bridgehead atoms. The summed E-state index contributed by atoms with van der Waals surface area (Å²) >= 11 is 0. The first-order valence-electron chi connectivity index (χ1n) is 10.4. The van der Waals surface area contributed by atoms with E-state index in [1.54, 1.807) is 17.1 Å². The first kappa shape index (κ1) is 19.6. The highest BCUT2D eigenvalue weighted by Crippen LogP contribution is 2.30. The summed E-state index contributed by atoms with van der Waals surface area (Å²) in [5.41, 5.74) is 3.29. The maximum Gasteiger partial charge on any atom is 0.149 e. The van der Waals surface area contributed by atoms with Gasteiger partial charge in [-0.3, -0.25) is 4.57 Å². The molecule has 0 unspecified atom stereocenters. The van der Waals surface area contributed by atoms with Crippen LogP contribution in [0.3, 0.4) is 0 Å². The van der Waals surface area contributed by atoms with Gasteiger partial charge in [-0.25, -0.2) is 19.6 Å². The molecule has 0 saturated carbocycles. The van der Waals surface area contributed by atoms with Crippen LogP contribution in [0.2, 0.25) is 0 Å². The van der Waals surface area contributed by atoms with Gasteiger partial charge in [-0.15, -0.1) is 5.10 Å². The Bertz CT molecular complexity index is 1200. The quantitative estimate of drug-likeness (QED) is 0.448. The molecule has 0 aliphatic carbocycles. The maximum atomic E-state index is 10.3. The minimum absolute atomic E-state index is 0.0813. The van der Waals surface area contributed by atoms with Gasteiger partial charge in [-0.2, -0.15) is 0 Å². The normalized spacial score (nSPS) is 19.2. The number of hydrogen-bond donors (Lipinski definition) is 3. The van der Waals surface area contributed by atoms with E-state index in [0.717, 1.165) is 41.1 Å². The van der Waals surface area contributed by atoms with Crippen LogP contribution >= 0.6 is 0 Å². The molecule has 4 aromatic rings. The van der Waals surface area contributed by atoms with Crippen LogP contribution in [0, 0.1) is 0 Å². The highest BCUT2D eigenvalue weighted by molar-refractivity contribution is 5.79. The summed E-state index contributed by atoms with van der Waals surface area (Å²) in [4.78, 5) is 13.1. The molecule has 0 spiro atoms. The number of piperidine rings is 1. The Kier molecular flexibility index (Phi) is 5.08. The lowest BCUT2D eigenvalue weighted by molar-refractivity contribution is 0.0800. The van der Waals surface area contributed by atoms with Gasteiger partial charge in [-0.05, 0) is 32.9 Å². The number of fused-ring (bicyclic) bond motifs is 1. The molecular formula is C21H25N9O. The molecule has 5 rings (SSSR count). The Morgan fingerprint density at radius 3 is 3.00 bits per heavy atom. The topological polar surface area (TPSA) is 119 Å². The van der Waals surface area contributed by atoms with E-state index in [2.05, 4.69) is 49.7 Å². The highest BCUT2D eigenvalue weighted by Gasteiger charge is 2.26. The number of aliphatic hydroxyl groups is 1. The molecule has 1 aliphatic heterocycles. The number of nitrogens with zero attached hydrogens (tertiary/aromatic N) is 7. The van der Waals surface area contributed by atoms with Crippen molar-refractivity contribution >= 4 is 16.7 Å². The van der Waals surface area contributed by atoms with E-state index in [1.165, 1.54) is 6.33 Å². The van der Waals surface area contributed by atoms with Gasteiger partial charge in [0.25, 0.3) is 0 Å². The molecule has 0 amide bonds. The molecule has 4 aromatic heterocycles. The third-order valence-corrected chi connectivity index (χ3v) is 5.47. The molecule has 2 atom stereocenters. The summed E-state index contributed by atoms with van der Waals surface area (Å²) in [6, 6.07) is 4.10. The average Bonchev–Trinajstić information content (AvgIpc) is 3.41. The highest BCUT2D eigenvalue weighted by atomic mass is 16.3. The van der Waals surface area contributed by atoms with E-state index >= 15 is 0 Å². The molecule has 1 saturated heterocycles. The molecule has 31 heavy (non-hydrogen) atoms. The number of nitrogens with one attached hydrogen (secondary N) is 2. The van der Waals surface area contributed by atoms with Crippen molar-refractivity contribution < 1.29 is 5.11 Å². The molecule has 10 nitrogen and oxygen atoms in total. The summed E-state index contributed by atoms with van der Waals surface area (Å²) in [7, 11) is 0. The minimum atomic E-state index is -0.485. The summed E-state index contributed by atoms with van der Waals surface area (Å²) in [5.74, 6) is 0.752. The van der Waals surface area contributed by atoms with Gasteiger partial charge >= 0.3 is 0 Å². The molecule has 1 fully saturated rings. The maximum absolute atomic E-state index is 10.3. The zero-order valence-electron chi connectivity index (χ0n) is 17.5. The van der Waals surface area contributed by atoms with Crippen LogP contribution in [-0.4, -0.2) is 64.9 Å². The largest absolute Gasteiger partial charge is 0.390 e. The molecule has 0 radical (unpaired) electrons. The number of rotatable bonds is 5. The Labute approximate surface area is 179 Å². The minimum Gasteiger partial charge on any atom is -0.390 e. The van der Waals surface area contributed by atoms with Crippen LogP contribution in [0.1, 0.15) is 26.3 Å². The van der Waals surface area contributed by atoms with E-state index in [1.807, 2.05) is 29.1 Å². The van der Waals surface area contributed by atoms with Crippen LogP contribution in [0.15, 0.2) is 43.2 Å². The van der Waals surface area contributed by atoms with Crippen molar-refractivity contribution in [3.05, 3.63) is 43.2 Å². The van der Waals surface area contributed by atoms with Crippen LogP contribution < -0.4 is 10.6 Å². The number of aromatic nitrogens is 7. The third-order valence-electron chi connectivity index (χ3n) is 5.47. The molecule has 0 aromatic carbocycles. The lowest BCUT2D eigenvalue weighted by Crippen LogP contribution is -2.41. The number of anilines is 1. The van der Waals surface area contributed by atoms with E-state index in [4.69, 9.17) is 0 Å².